The molecule has 0 N–H and O–H groups in total. The van der Waals surface area contributed by atoms with Gasteiger partial charge < -0.3 is 9.64 Å². The van der Waals surface area contributed by atoms with E-state index >= 15 is 0 Å². The van der Waals surface area contributed by atoms with Gasteiger partial charge in [0.05, 0.1) is 18.7 Å². The van der Waals surface area contributed by atoms with E-state index in [9.17, 15) is 4.39 Å². The fourth-order valence-electron chi connectivity index (χ4n) is 3.56. The molecular weight excluding hydrogens is 413 g/mol. The van der Waals surface area contributed by atoms with E-state index in [4.69, 9.17) is 9.72 Å². The van der Waals surface area contributed by atoms with Gasteiger partial charge in [0.1, 0.15) is 17.5 Å². The van der Waals surface area contributed by atoms with E-state index in [1.165, 1.54) is 12.1 Å². The van der Waals surface area contributed by atoms with Gasteiger partial charge in [-0.2, -0.15) is 4.98 Å². The second-order valence-corrected chi connectivity index (χ2v) is 7.28. The second kappa shape index (κ2) is 6.24. The van der Waals surface area contributed by atoms with Gasteiger partial charge in [0.25, 0.3) is 5.78 Å². The molecule has 2 aromatic heterocycles. The average molecular weight is 428 g/mol. The SMILES string of the molecule is Cc1nnc2nc(N3CCOCc4c(Br)cccc43)c3cc(F)ccc3n12. The first-order valence-electron chi connectivity index (χ1n) is 8.57. The fraction of sp³-hybridized carbons (Fsp3) is 0.211. The Morgan fingerprint density at radius 1 is 1.19 bits per heavy atom. The highest BCUT2D eigenvalue weighted by Crippen LogP contribution is 2.37. The van der Waals surface area contributed by atoms with Crippen LogP contribution >= 0.6 is 15.9 Å². The van der Waals surface area contributed by atoms with Crippen LogP contribution < -0.4 is 4.90 Å². The van der Waals surface area contributed by atoms with Crippen molar-refractivity contribution in [2.75, 3.05) is 18.1 Å². The molecule has 5 rings (SSSR count). The van der Waals surface area contributed by atoms with Crippen molar-refractivity contribution in [1.29, 1.82) is 0 Å². The fourth-order valence-corrected chi connectivity index (χ4v) is 4.03. The van der Waals surface area contributed by atoms with Crippen molar-refractivity contribution in [3.63, 3.8) is 0 Å². The summed E-state index contributed by atoms with van der Waals surface area (Å²) in [4.78, 5) is 6.81. The highest BCUT2D eigenvalue weighted by Gasteiger charge is 2.23. The van der Waals surface area contributed by atoms with E-state index in [1.807, 2.05) is 29.5 Å². The maximum absolute atomic E-state index is 14.1. The van der Waals surface area contributed by atoms with Gasteiger partial charge in [-0.05, 0) is 37.3 Å². The van der Waals surface area contributed by atoms with E-state index in [0.29, 0.717) is 42.6 Å². The number of aryl methyl sites for hydroxylation is 1. The summed E-state index contributed by atoms with van der Waals surface area (Å²) in [7, 11) is 0. The van der Waals surface area contributed by atoms with E-state index < -0.39 is 0 Å². The van der Waals surface area contributed by atoms with Crippen molar-refractivity contribution in [1.82, 2.24) is 19.6 Å². The molecule has 27 heavy (non-hydrogen) atoms. The number of aromatic nitrogens is 4. The summed E-state index contributed by atoms with van der Waals surface area (Å²) in [6, 6.07) is 10.7. The van der Waals surface area contributed by atoms with Crippen LogP contribution in [0, 0.1) is 12.7 Å². The van der Waals surface area contributed by atoms with E-state index in [1.54, 1.807) is 6.07 Å². The van der Waals surface area contributed by atoms with E-state index in [0.717, 1.165) is 21.2 Å². The van der Waals surface area contributed by atoms with Crippen LogP contribution in [-0.2, 0) is 11.3 Å². The van der Waals surface area contributed by atoms with Crippen molar-refractivity contribution in [3.8, 4) is 0 Å². The van der Waals surface area contributed by atoms with Crippen molar-refractivity contribution in [3.05, 3.63) is 58.1 Å². The summed E-state index contributed by atoms with van der Waals surface area (Å²) in [5.41, 5.74) is 2.85. The van der Waals surface area contributed by atoms with Gasteiger partial charge in [0.15, 0.2) is 0 Å². The lowest BCUT2D eigenvalue weighted by Gasteiger charge is -2.25. The van der Waals surface area contributed by atoms with Crippen molar-refractivity contribution < 1.29 is 9.13 Å². The van der Waals surface area contributed by atoms with Crippen LogP contribution in [0.3, 0.4) is 0 Å². The number of hydrogen-bond acceptors (Lipinski definition) is 5. The number of benzene rings is 2. The lowest BCUT2D eigenvalue weighted by Crippen LogP contribution is -2.22. The Kier molecular flexibility index (Phi) is 3.84. The monoisotopic (exact) mass is 427 g/mol. The molecule has 2 aromatic carbocycles. The number of hydrogen-bond donors (Lipinski definition) is 0. The molecule has 0 aliphatic carbocycles. The molecule has 3 heterocycles. The molecule has 0 saturated heterocycles. The quantitative estimate of drug-likeness (QED) is 0.456. The minimum atomic E-state index is -0.309. The molecule has 136 valence electrons. The van der Waals surface area contributed by atoms with Gasteiger partial charge in [0.2, 0.25) is 0 Å². The number of halogens is 2. The number of fused-ring (bicyclic) bond motifs is 4. The van der Waals surface area contributed by atoms with Crippen LogP contribution in [0.5, 0.6) is 0 Å². The summed E-state index contributed by atoms with van der Waals surface area (Å²) in [6.45, 7) is 3.50. The molecule has 0 atom stereocenters. The molecule has 1 aliphatic rings. The Morgan fingerprint density at radius 3 is 2.96 bits per heavy atom. The Morgan fingerprint density at radius 2 is 2.07 bits per heavy atom. The summed E-state index contributed by atoms with van der Waals surface area (Å²) in [5.74, 6) is 1.54. The predicted molar refractivity (Wildman–Crippen MR) is 104 cm³/mol. The molecule has 1 aliphatic heterocycles. The van der Waals surface area contributed by atoms with Gasteiger partial charge >= 0.3 is 0 Å². The van der Waals surface area contributed by atoms with Crippen molar-refractivity contribution >= 4 is 44.1 Å². The molecule has 0 saturated carbocycles. The Bertz CT molecular complexity index is 1190. The van der Waals surface area contributed by atoms with E-state index in [2.05, 4.69) is 31.0 Å². The summed E-state index contributed by atoms with van der Waals surface area (Å²) in [5, 5.41) is 9.03. The maximum atomic E-state index is 14.1. The summed E-state index contributed by atoms with van der Waals surface area (Å²) < 4.78 is 22.7. The Balaban J connectivity index is 1.85. The van der Waals surface area contributed by atoms with Gasteiger partial charge in [-0.1, -0.05) is 22.0 Å². The molecule has 0 radical (unpaired) electrons. The van der Waals surface area contributed by atoms with Gasteiger partial charge in [-0.15, -0.1) is 10.2 Å². The normalized spacial score (nSPS) is 14.6. The van der Waals surface area contributed by atoms with Gasteiger partial charge in [0, 0.05) is 27.7 Å². The smallest absolute Gasteiger partial charge is 0.257 e. The standard InChI is InChI=1S/C19H15BrFN5O/c1-11-23-24-19-22-18(13-9-12(21)5-6-17(13)26(11)19)25-7-8-27-10-14-15(20)3-2-4-16(14)25/h2-6,9H,7-8,10H2,1H3. The number of ether oxygens (including phenoxy) is 1. The largest absolute Gasteiger partial charge is 0.375 e. The first-order chi connectivity index (χ1) is 13.1. The zero-order chi connectivity index (χ0) is 18.5. The number of nitrogens with zero attached hydrogens (tertiary/aromatic N) is 5. The molecule has 4 aromatic rings. The van der Waals surface area contributed by atoms with Gasteiger partial charge in [-0.25, -0.2) is 4.39 Å². The highest BCUT2D eigenvalue weighted by atomic mass is 79.9. The van der Waals surface area contributed by atoms with Crippen LogP contribution in [0.15, 0.2) is 40.9 Å². The Labute approximate surface area is 162 Å². The first-order valence-corrected chi connectivity index (χ1v) is 9.36. The molecule has 6 nitrogen and oxygen atoms in total. The van der Waals surface area contributed by atoms with Crippen molar-refractivity contribution in [2.24, 2.45) is 0 Å². The highest BCUT2D eigenvalue weighted by molar-refractivity contribution is 9.10. The van der Waals surface area contributed by atoms with Crippen LogP contribution in [0.2, 0.25) is 0 Å². The van der Waals surface area contributed by atoms with Crippen LogP contribution in [-0.4, -0.2) is 32.7 Å². The minimum Gasteiger partial charge on any atom is -0.375 e. The molecular formula is C19H15BrFN5O. The third-order valence-electron chi connectivity index (χ3n) is 4.80. The van der Waals surface area contributed by atoms with Crippen LogP contribution in [0.1, 0.15) is 11.4 Å². The molecule has 0 fully saturated rings. The number of rotatable bonds is 1. The maximum Gasteiger partial charge on any atom is 0.257 e. The molecule has 0 unspecified atom stereocenters. The third kappa shape index (κ3) is 2.59. The minimum absolute atomic E-state index is 0.309. The molecule has 0 amide bonds. The summed E-state index contributed by atoms with van der Waals surface area (Å²) >= 11 is 3.61. The van der Waals surface area contributed by atoms with Crippen molar-refractivity contribution in [2.45, 2.75) is 13.5 Å². The summed E-state index contributed by atoms with van der Waals surface area (Å²) in [6.07, 6.45) is 0. The average Bonchev–Trinajstić information content (AvgIpc) is 2.89. The number of anilines is 2. The topological polar surface area (TPSA) is 55.5 Å². The van der Waals surface area contributed by atoms with Gasteiger partial charge in [-0.3, -0.25) is 4.40 Å². The first kappa shape index (κ1) is 16.6. The Hall–Kier alpha value is -2.58. The third-order valence-corrected chi connectivity index (χ3v) is 5.54. The van der Waals surface area contributed by atoms with Crippen LogP contribution in [0.4, 0.5) is 15.9 Å². The lowest BCUT2D eigenvalue weighted by molar-refractivity contribution is 0.133. The second-order valence-electron chi connectivity index (χ2n) is 6.42. The van der Waals surface area contributed by atoms with Crippen LogP contribution in [0.25, 0.3) is 16.7 Å². The molecule has 8 heteroatoms. The lowest BCUT2D eigenvalue weighted by atomic mass is 10.1. The molecule has 0 spiro atoms. The molecule has 0 bridgehead atoms. The zero-order valence-corrected chi connectivity index (χ0v) is 16.1. The van der Waals surface area contributed by atoms with E-state index in [-0.39, 0.29) is 5.82 Å². The predicted octanol–water partition coefficient (Wildman–Crippen LogP) is 4.16. The zero-order valence-electron chi connectivity index (χ0n) is 14.5.